The quantitative estimate of drug-likeness (QED) is 0.722. The largest absolute Gasteiger partial charge is 0.395 e. The van der Waals surface area contributed by atoms with E-state index >= 15 is 0 Å². The lowest BCUT2D eigenvalue weighted by Crippen LogP contribution is -2.49. The Kier molecular flexibility index (Phi) is 3.40. The maximum Gasteiger partial charge on any atom is 0.248 e. The highest BCUT2D eigenvalue weighted by molar-refractivity contribution is 5.10. The number of halogens is 2. The zero-order chi connectivity index (χ0) is 10.7. The van der Waals surface area contributed by atoms with Crippen LogP contribution in [0.5, 0.6) is 0 Å². The topological polar surface area (TPSA) is 56.0 Å². The summed E-state index contributed by atoms with van der Waals surface area (Å²) in [7, 11) is 0. The molecule has 0 aromatic carbocycles. The van der Waals surface area contributed by atoms with Crippen molar-refractivity contribution in [3.05, 3.63) is 0 Å². The molecule has 80 valence electrons. The van der Waals surface area contributed by atoms with Crippen LogP contribution in [0.2, 0.25) is 0 Å². The number of rotatable bonds is 3. The van der Waals surface area contributed by atoms with E-state index in [1.54, 1.807) is 0 Å². The number of β-amino-alcohol motifs (C(OH)–C–C–N with tert-alkyl or cyclic N) is 1. The predicted molar refractivity (Wildman–Crippen MR) is 46.8 cm³/mol. The molecule has 0 saturated heterocycles. The predicted octanol–water partition coefficient (Wildman–Crippen LogP) is 1.04. The minimum Gasteiger partial charge on any atom is -0.395 e. The Bertz CT molecular complexity index is 227. The Balaban J connectivity index is 2.54. The molecule has 0 atom stereocenters. The monoisotopic (exact) mass is 204 g/mol. The molecule has 0 heterocycles. The molecule has 0 amide bonds. The van der Waals surface area contributed by atoms with E-state index in [2.05, 4.69) is 5.32 Å². The first-order valence-corrected chi connectivity index (χ1v) is 4.69. The number of aliphatic hydroxyl groups excluding tert-OH is 1. The molecule has 1 aliphatic rings. The summed E-state index contributed by atoms with van der Waals surface area (Å²) in [5.74, 6) is -2.62. The smallest absolute Gasteiger partial charge is 0.248 e. The molecule has 0 radical (unpaired) electrons. The number of alkyl halides is 2. The Hall–Kier alpha value is -0.730. The van der Waals surface area contributed by atoms with Gasteiger partial charge < -0.3 is 5.11 Å². The fourth-order valence-electron chi connectivity index (χ4n) is 1.67. The molecule has 14 heavy (non-hydrogen) atoms. The van der Waals surface area contributed by atoms with Crippen molar-refractivity contribution in [2.45, 2.75) is 37.1 Å². The van der Waals surface area contributed by atoms with Crippen LogP contribution in [0.25, 0.3) is 0 Å². The summed E-state index contributed by atoms with van der Waals surface area (Å²) < 4.78 is 25.6. The zero-order valence-electron chi connectivity index (χ0n) is 7.89. The van der Waals surface area contributed by atoms with E-state index in [0.717, 1.165) is 0 Å². The maximum atomic E-state index is 12.8. The van der Waals surface area contributed by atoms with Crippen molar-refractivity contribution in [3.63, 3.8) is 0 Å². The summed E-state index contributed by atoms with van der Waals surface area (Å²) in [6.45, 7) is 0.193. The fourth-order valence-corrected chi connectivity index (χ4v) is 1.67. The SMILES string of the molecule is N#CC1(NCCO)CCC(F)(F)CC1. The van der Waals surface area contributed by atoms with Gasteiger partial charge in [0.2, 0.25) is 5.92 Å². The molecule has 0 aromatic heterocycles. The Morgan fingerprint density at radius 1 is 1.29 bits per heavy atom. The molecule has 3 nitrogen and oxygen atoms in total. The van der Waals surface area contributed by atoms with Crippen molar-refractivity contribution in [3.8, 4) is 6.07 Å². The van der Waals surface area contributed by atoms with Crippen LogP contribution in [-0.4, -0.2) is 29.7 Å². The molecule has 1 aliphatic carbocycles. The molecule has 0 spiro atoms. The normalized spacial score (nSPS) is 24.1. The van der Waals surface area contributed by atoms with E-state index in [9.17, 15) is 8.78 Å². The standard InChI is InChI=1S/C9H14F2N2O/c10-9(11)3-1-8(7-12,2-4-9)13-5-6-14/h13-14H,1-6H2. The van der Waals surface area contributed by atoms with Crippen LogP contribution in [0.4, 0.5) is 8.78 Å². The highest BCUT2D eigenvalue weighted by Crippen LogP contribution is 2.37. The summed E-state index contributed by atoms with van der Waals surface area (Å²) >= 11 is 0. The van der Waals surface area contributed by atoms with Gasteiger partial charge >= 0.3 is 0 Å². The number of hydrogen-bond acceptors (Lipinski definition) is 3. The average molecular weight is 204 g/mol. The van der Waals surface area contributed by atoms with Gasteiger partial charge in [-0.3, -0.25) is 5.32 Å². The second-order valence-corrected chi connectivity index (χ2v) is 3.70. The van der Waals surface area contributed by atoms with Crippen molar-refractivity contribution in [2.24, 2.45) is 0 Å². The van der Waals surface area contributed by atoms with Gasteiger partial charge in [-0.25, -0.2) is 8.78 Å². The second-order valence-electron chi connectivity index (χ2n) is 3.70. The van der Waals surface area contributed by atoms with E-state index in [-0.39, 0.29) is 38.8 Å². The third-order valence-corrected chi connectivity index (χ3v) is 2.62. The van der Waals surface area contributed by atoms with Gasteiger partial charge in [-0.1, -0.05) is 0 Å². The van der Waals surface area contributed by atoms with Crippen LogP contribution >= 0.6 is 0 Å². The lowest BCUT2D eigenvalue weighted by molar-refractivity contribution is -0.0485. The molecule has 0 aliphatic heterocycles. The summed E-state index contributed by atoms with van der Waals surface area (Å²) in [6.07, 6.45) is -0.203. The van der Waals surface area contributed by atoms with Gasteiger partial charge in [0, 0.05) is 19.4 Å². The first-order valence-electron chi connectivity index (χ1n) is 4.69. The minimum absolute atomic E-state index is 0.0835. The minimum atomic E-state index is -2.62. The second kappa shape index (κ2) is 4.20. The van der Waals surface area contributed by atoms with Gasteiger partial charge in [0.15, 0.2) is 0 Å². The molecule has 5 heteroatoms. The first kappa shape index (κ1) is 11.3. The van der Waals surface area contributed by atoms with E-state index in [4.69, 9.17) is 10.4 Å². The lowest BCUT2D eigenvalue weighted by Gasteiger charge is -2.35. The number of nitrogens with zero attached hydrogens (tertiary/aromatic N) is 1. The summed E-state index contributed by atoms with van der Waals surface area (Å²) in [5.41, 5.74) is -0.857. The van der Waals surface area contributed by atoms with Gasteiger partial charge in [-0.05, 0) is 12.8 Å². The maximum absolute atomic E-state index is 12.8. The molecule has 1 fully saturated rings. The molecule has 0 bridgehead atoms. The molecule has 0 aromatic rings. The van der Waals surface area contributed by atoms with Gasteiger partial charge in [-0.15, -0.1) is 0 Å². The highest BCUT2D eigenvalue weighted by atomic mass is 19.3. The van der Waals surface area contributed by atoms with Crippen molar-refractivity contribution in [1.82, 2.24) is 5.32 Å². The van der Waals surface area contributed by atoms with Crippen molar-refractivity contribution in [2.75, 3.05) is 13.2 Å². The van der Waals surface area contributed by atoms with Crippen LogP contribution in [-0.2, 0) is 0 Å². The number of nitrogens with one attached hydrogen (secondary N) is 1. The molecule has 1 rings (SSSR count). The summed E-state index contributed by atoms with van der Waals surface area (Å²) in [6, 6.07) is 2.03. The van der Waals surface area contributed by atoms with Crippen LogP contribution in [0.1, 0.15) is 25.7 Å². The van der Waals surface area contributed by atoms with E-state index in [1.807, 2.05) is 6.07 Å². The van der Waals surface area contributed by atoms with Crippen LogP contribution < -0.4 is 5.32 Å². The van der Waals surface area contributed by atoms with E-state index < -0.39 is 11.5 Å². The number of aliphatic hydroxyl groups is 1. The first-order chi connectivity index (χ1) is 6.54. The highest BCUT2D eigenvalue weighted by Gasteiger charge is 2.43. The van der Waals surface area contributed by atoms with Crippen LogP contribution in [0.15, 0.2) is 0 Å². The van der Waals surface area contributed by atoms with Gasteiger partial charge in [-0.2, -0.15) is 5.26 Å². The Morgan fingerprint density at radius 2 is 1.86 bits per heavy atom. The van der Waals surface area contributed by atoms with Crippen LogP contribution in [0.3, 0.4) is 0 Å². The zero-order valence-corrected chi connectivity index (χ0v) is 7.89. The third kappa shape index (κ3) is 2.63. The van der Waals surface area contributed by atoms with Crippen molar-refractivity contribution >= 4 is 0 Å². The van der Waals surface area contributed by atoms with Gasteiger partial charge in [0.25, 0.3) is 0 Å². The molecule has 1 saturated carbocycles. The van der Waals surface area contributed by atoms with Gasteiger partial charge in [0.1, 0.15) is 5.54 Å². The fraction of sp³-hybridized carbons (Fsp3) is 0.889. The number of hydrogen-bond donors (Lipinski definition) is 2. The van der Waals surface area contributed by atoms with Crippen LogP contribution in [0, 0.1) is 11.3 Å². The third-order valence-electron chi connectivity index (χ3n) is 2.62. The average Bonchev–Trinajstić information content (AvgIpc) is 2.18. The molecule has 2 N–H and O–H groups in total. The molecular formula is C9H14F2N2O. The summed E-state index contributed by atoms with van der Waals surface area (Å²) in [5, 5.41) is 20.3. The van der Waals surface area contributed by atoms with Crippen molar-refractivity contribution in [1.29, 1.82) is 5.26 Å². The Labute approximate surface area is 81.7 Å². The van der Waals surface area contributed by atoms with E-state index in [0.29, 0.717) is 0 Å². The van der Waals surface area contributed by atoms with Gasteiger partial charge in [0.05, 0.1) is 12.7 Å². The summed E-state index contributed by atoms with van der Waals surface area (Å²) in [4.78, 5) is 0. The molecule has 0 unspecified atom stereocenters. The number of nitriles is 1. The van der Waals surface area contributed by atoms with Crippen molar-refractivity contribution < 1.29 is 13.9 Å². The lowest BCUT2D eigenvalue weighted by atomic mass is 9.81. The Morgan fingerprint density at radius 3 is 2.29 bits per heavy atom. The van der Waals surface area contributed by atoms with E-state index in [1.165, 1.54) is 0 Å². The molecular weight excluding hydrogens is 190 g/mol.